The fourth-order valence-electron chi connectivity index (χ4n) is 2.84. The predicted molar refractivity (Wildman–Crippen MR) is 71.5 cm³/mol. The summed E-state index contributed by atoms with van der Waals surface area (Å²) in [5.74, 6) is -0.369. The highest BCUT2D eigenvalue weighted by molar-refractivity contribution is 9.09. The number of amides is 2. The Hall–Kier alpha value is -0.420. The minimum Gasteiger partial charge on any atom is -0.362 e. The molecular formula is C13H20BrNO3. The SMILES string of the molecule is O=C1COCC(=O)N1CC1(CBr)CCCCCC1. The van der Waals surface area contributed by atoms with Gasteiger partial charge in [0.25, 0.3) is 11.8 Å². The van der Waals surface area contributed by atoms with E-state index in [2.05, 4.69) is 15.9 Å². The Kier molecular flexibility index (Phi) is 4.78. The first kappa shape index (κ1) is 14.0. The van der Waals surface area contributed by atoms with Gasteiger partial charge in [-0.15, -0.1) is 0 Å². The van der Waals surface area contributed by atoms with Crippen molar-refractivity contribution in [3.8, 4) is 0 Å². The van der Waals surface area contributed by atoms with Crippen LogP contribution >= 0.6 is 15.9 Å². The average molecular weight is 318 g/mol. The first-order valence-electron chi connectivity index (χ1n) is 6.64. The summed E-state index contributed by atoms with van der Waals surface area (Å²) in [7, 11) is 0. The maximum absolute atomic E-state index is 11.8. The van der Waals surface area contributed by atoms with E-state index in [-0.39, 0.29) is 30.4 Å². The van der Waals surface area contributed by atoms with Crippen LogP contribution in [-0.2, 0) is 14.3 Å². The number of alkyl halides is 1. The molecule has 1 heterocycles. The summed E-state index contributed by atoms with van der Waals surface area (Å²) in [6.07, 6.45) is 7.10. The molecule has 0 N–H and O–H groups in total. The maximum atomic E-state index is 11.8. The second-order valence-electron chi connectivity index (χ2n) is 5.41. The molecule has 1 saturated heterocycles. The molecule has 1 saturated carbocycles. The van der Waals surface area contributed by atoms with Gasteiger partial charge in [0.05, 0.1) is 0 Å². The van der Waals surface area contributed by atoms with Crippen molar-refractivity contribution in [2.75, 3.05) is 25.1 Å². The van der Waals surface area contributed by atoms with Crippen molar-refractivity contribution in [1.29, 1.82) is 0 Å². The molecule has 0 aromatic heterocycles. The number of ether oxygens (including phenoxy) is 1. The summed E-state index contributed by atoms with van der Waals surface area (Å²) in [6.45, 7) is 0.646. The Balaban J connectivity index is 2.07. The van der Waals surface area contributed by atoms with Crippen LogP contribution in [0, 0.1) is 5.41 Å². The van der Waals surface area contributed by atoms with Gasteiger partial charge in [0.15, 0.2) is 0 Å². The second-order valence-corrected chi connectivity index (χ2v) is 5.98. The van der Waals surface area contributed by atoms with Gasteiger partial charge in [-0.2, -0.15) is 0 Å². The molecule has 1 aliphatic carbocycles. The molecule has 0 radical (unpaired) electrons. The molecule has 0 aromatic carbocycles. The molecule has 0 spiro atoms. The lowest BCUT2D eigenvalue weighted by Gasteiger charge is -2.37. The summed E-state index contributed by atoms with van der Waals surface area (Å²) in [5, 5.41) is 0.859. The van der Waals surface area contributed by atoms with E-state index >= 15 is 0 Å². The van der Waals surface area contributed by atoms with Crippen molar-refractivity contribution in [2.45, 2.75) is 38.5 Å². The molecule has 4 nitrogen and oxygen atoms in total. The smallest absolute Gasteiger partial charge is 0.255 e. The van der Waals surface area contributed by atoms with E-state index in [0.29, 0.717) is 6.54 Å². The zero-order valence-electron chi connectivity index (χ0n) is 10.6. The summed E-state index contributed by atoms with van der Waals surface area (Å²) >= 11 is 3.59. The minimum absolute atomic E-state index is 0.0457. The van der Waals surface area contributed by atoms with Crippen molar-refractivity contribution < 1.29 is 14.3 Å². The maximum Gasteiger partial charge on any atom is 0.255 e. The van der Waals surface area contributed by atoms with Crippen molar-refractivity contribution in [2.24, 2.45) is 5.41 Å². The number of rotatable bonds is 3. The number of carbonyl (C=O) groups excluding carboxylic acids is 2. The van der Waals surface area contributed by atoms with Gasteiger partial charge in [-0.25, -0.2) is 0 Å². The normalized spacial score (nSPS) is 25.1. The average Bonchev–Trinajstić information content (AvgIpc) is 2.60. The Labute approximate surface area is 116 Å². The van der Waals surface area contributed by atoms with Crippen molar-refractivity contribution in [3.63, 3.8) is 0 Å². The van der Waals surface area contributed by atoms with Gasteiger partial charge < -0.3 is 4.74 Å². The van der Waals surface area contributed by atoms with Crippen LogP contribution in [-0.4, -0.2) is 41.8 Å². The molecule has 0 unspecified atom stereocenters. The van der Waals surface area contributed by atoms with E-state index in [4.69, 9.17) is 4.74 Å². The Morgan fingerprint density at radius 2 is 1.61 bits per heavy atom. The molecule has 102 valence electrons. The van der Waals surface area contributed by atoms with E-state index in [1.807, 2.05) is 0 Å². The van der Waals surface area contributed by atoms with Crippen molar-refractivity contribution >= 4 is 27.7 Å². The van der Waals surface area contributed by atoms with Gasteiger partial charge in [0.1, 0.15) is 13.2 Å². The van der Waals surface area contributed by atoms with Crippen LogP contribution < -0.4 is 0 Å². The number of nitrogens with zero attached hydrogens (tertiary/aromatic N) is 1. The molecule has 0 aromatic rings. The lowest BCUT2D eigenvalue weighted by molar-refractivity contribution is -0.160. The van der Waals surface area contributed by atoms with Crippen LogP contribution in [0.25, 0.3) is 0 Å². The fourth-order valence-corrected chi connectivity index (χ4v) is 3.58. The highest BCUT2D eigenvalue weighted by Crippen LogP contribution is 2.37. The lowest BCUT2D eigenvalue weighted by Crippen LogP contribution is -2.51. The molecule has 2 aliphatic rings. The van der Waals surface area contributed by atoms with E-state index < -0.39 is 0 Å². The molecule has 18 heavy (non-hydrogen) atoms. The molecule has 2 rings (SSSR count). The predicted octanol–water partition coefficient (Wildman–Crippen LogP) is 2.11. The largest absolute Gasteiger partial charge is 0.362 e. The molecular weight excluding hydrogens is 298 g/mol. The van der Waals surface area contributed by atoms with Crippen LogP contribution in [0.4, 0.5) is 0 Å². The standard InChI is InChI=1S/C13H20BrNO3/c14-9-13(5-3-1-2-4-6-13)10-15-11(16)7-18-8-12(15)17/h1-10H2. The van der Waals surface area contributed by atoms with Gasteiger partial charge in [-0.1, -0.05) is 41.6 Å². The monoisotopic (exact) mass is 317 g/mol. The summed E-state index contributed by atoms with van der Waals surface area (Å²) in [6, 6.07) is 0. The first-order valence-corrected chi connectivity index (χ1v) is 7.76. The number of morpholine rings is 1. The topological polar surface area (TPSA) is 46.6 Å². The number of hydrogen-bond donors (Lipinski definition) is 0. The van der Waals surface area contributed by atoms with E-state index in [0.717, 1.165) is 18.2 Å². The molecule has 0 bridgehead atoms. The quantitative estimate of drug-likeness (QED) is 0.455. The highest BCUT2D eigenvalue weighted by atomic mass is 79.9. The number of imide groups is 1. The van der Waals surface area contributed by atoms with Crippen LogP contribution in [0.2, 0.25) is 0 Å². The third kappa shape index (κ3) is 3.12. The van der Waals surface area contributed by atoms with E-state index in [1.54, 1.807) is 0 Å². The van der Waals surface area contributed by atoms with Gasteiger partial charge in [0, 0.05) is 11.9 Å². The fraction of sp³-hybridized carbons (Fsp3) is 0.846. The third-order valence-corrected chi connectivity index (χ3v) is 5.18. The van der Waals surface area contributed by atoms with Crippen LogP contribution in [0.5, 0.6) is 0 Å². The van der Waals surface area contributed by atoms with Gasteiger partial charge >= 0.3 is 0 Å². The Morgan fingerprint density at radius 3 is 2.11 bits per heavy atom. The number of carbonyl (C=O) groups is 2. The second kappa shape index (κ2) is 6.15. The van der Waals surface area contributed by atoms with Crippen LogP contribution in [0.3, 0.4) is 0 Å². The van der Waals surface area contributed by atoms with E-state index in [1.165, 1.54) is 30.6 Å². The molecule has 0 atom stereocenters. The van der Waals surface area contributed by atoms with Crippen molar-refractivity contribution in [1.82, 2.24) is 4.90 Å². The van der Waals surface area contributed by atoms with Crippen LogP contribution in [0.1, 0.15) is 38.5 Å². The minimum atomic E-state index is -0.184. The van der Waals surface area contributed by atoms with Crippen LogP contribution in [0.15, 0.2) is 0 Å². The summed E-state index contributed by atoms with van der Waals surface area (Å²) < 4.78 is 4.95. The van der Waals surface area contributed by atoms with Gasteiger partial charge in [-0.05, 0) is 18.3 Å². The zero-order valence-corrected chi connectivity index (χ0v) is 12.2. The van der Waals surface area contributed by atoms with Gasteiger partial charge in [0.2, 0.25) is 0 Å². The van der Waals surface area contributed by atoms with Gasteiger partial charge in [-0.3, -0.25) is 14.5 Å². The molecule has 2 amide bonds. The summed E-state index contributed by atoms with van der Waals surface area (Å²) in [4.78, 5) is 25.0. The Bertz CT molecular complexity index is 308. The number of halogens is 1. The molecule has 5 heteroatoms. The highest BCUT2D eigenvalue weighted by Gasteiger charge is 2.37. The first-order chi connectivity index (χ1) is 8.67. The zero-order chi connectivity index (χ0) is 13.0. The number of hydrogen-bond acceptors (Lipinski definition) is 3. The summed E-state index contributed by atoms with van der Waals surface area (Å²) in [5.41, 5.74) is 0.0686. The molecule has 1 aliphatic heterocycles. The lowest BCUT2D eigenvalue weighted by atomic mass is 9.82. The van der Waals surface area contributed by atoms with E-state index in [9.17, 15) is 9.59 Å². The third-order valence-electron chi connectivity index (χ3n) is 3.99. The molecule has 2 fully saturated rings. The van der Waals surface area contributed by atoms with Crippen molar-refractivity contribution in [3.05, 3.63) is 0 Å². The Morgan fingerprint density at radius 1 is 1.06 bits per heavy atom.